The summed E-state index contributed by atoms with van der Waals surface area (Å²) >= 11 is 0. The molecule has 4 aromatic carbocycles. The number of aliphatic hydroxyl groups is 1. The lowest BCUT2D eigenvalue weighted by molar-refractivity contribution is 0.0950. The molecule has 0 saturated heterocycles. The van der Waals surface area contributed by atoms with Gasteiger partial charge >= 0.3 is 0 Å². The molecule has 0 aliphatic carbocycles. The Morgan fingerprint density at radius 3 is 2.40 bits per heavy atom. The largest absolute Gasteiger partial charge is 0.506 e. The number of hydrogen-bond donors (Lipinski definition) is 5. The Kier molecular flexibility index (Phi) is 8.52. The Bertz CT molecular complexity index is 1760. The van der Waals surface area contributed by atoms with Crippen LogP contribution < -0.4 is 16.2 Å². The van der Waals surface area contributed by atoms with Crippen molar-refractivity contribution < 1.29 is 15.0 Å². The second kappa shape index (κ2) is 12.4. The number of hydrogen-bond acceptors (Lipinski definition) is 5. The zero-order valence-electron chi connectivity index (χ0n) is 23.7. The number of aliphatic hydroxyl groups excluding tert-OH is 1. The maximum absolute atomic E-state index is 13.0. The van der Waals surface area contributed by atoms with E-state index in [9.17, 15) is 19.8 Å². The van der Waals surface area contributed by atoms with Gasteiger partial charge in [-0.15, -0.1) is 0 Å². The molecule has 1 amide bonds. The number of aromatic hydroxyl groups is 1. The minimum atomic E-state index is -0.865. The summed E-state index contributed by atoms with van der Waals surface area (Å²) in [4.78, 5) is 27.4. The molecular formula is C35H35N3O4. The third-order valence-corrected chi connectivity index (χ3v) is 7.36. The van der Waals surface area contributed by atoms with E-state index in [0.29, 0.717) is 35.0 Å². The van der Waals surface area contributed by atoms with Crippen molar-refractivity contribution in [1.29, 1.82) is 0 Å². The summed E-state index contributed by atoms with van der Waals surface area (Å²) in [5.74, 6) is -0.183. The van der Waals surface area contributed by atoms with Crippen molar-refractivity contribution in [2.24, 2.45) is 0 Å². The van der Waals surface area contributed by atoms with Crippen molar-refractivity contribution in [2.75, 3.05) is 6.54 Å². The van der Waals surface area contributed by atoms with Gasteiger partial charge in [-0.3, -0.25) is 9.59 Å². The van der Waals surface area contributed by atoms with E-state index in [-0.39, 0.29) is 23.8 Å². The molecule has 5 rings (SSSR count). The van der Waals surface area contributed by atoms with Gasteiger partial charge in [0.25, 0.3) is 5.91 Å². The van der Waals surface area contributed by atoms with Gasteiger partial charge < -0.3 is 25.8 Å². The van der Waals surface area contributed by atoms with Crippen LogP contribution in [0.3, 0.4) is 0 Å². The molecule has 1 heterocycles. The van der Waals surface area contributed by atoms with Crippen LogP contribution in [0.4, 0.5) is 0 Å². The molecule has 1 atom stereocenters. The van der Waals surface area contributed by atoms with E-state index in [1.54, 1.807) is 12.1 Å². The van der Waals surface area contributed by atoms with Crippen LogP contribution in [-0.4, -0.2) is 33.2 Å². The summed E-state index contributed by atoms with van der Waals surface area (Å²) in [6.07, 6.45) is -0.236. The lowest BCUT2D eigenvalue weighted by Gasteiger charge is -2.28. The van der Waals surface area contributed by atoms with E-state index >= 15 is 0 Å². The lowest BCUT2D eigenvalue weighted by atomic mass is 9.93. The van der Waals surface area contributed by atoms with Crippen LogP contribution in [0.2, 0.25) is 0 Å². The molecule has 0 aliphatic rings. The third kappa shape index (κ3) is 6.94. The van der Waals surface area contributed by atoms with Crippen LogP contribution >= 0.6 is 0 Å². The van der Waals surface area contributed by atoms with Gasteiger partial charge in [-0.25, -0.2) is 0 Å². The summed E-state index contributed by atoms with van der Waals surface area (Å²) in [5, 5.41) is 28.2. The minimum Gasteiger partial charge on any atom is -0.506 e. The topological polar surface area (TPSA) is 114 Å². The minimum absolute atomic E-state index is 0.0449. The predicted molar refractivity (Wildman–Crippen MR) is 166 cm³/mol. The lowest BCUT2D eigenvalue weighted by Crippen LogP contribution is -2.43. The summed E-state index contributed by atoms with van der Waals surface area (Å²) in [5.41, 5.74) is 5.05. The quantitative estimate of drug-likeness (QED) is 0.155. The number of phenols is 1. The highest BCUT2D eigenvalue weighted by Crippen LogP contribution is 2.29. The van der Waals surface area contributed by atoms with E-state index in [4.69, 9.17) is 0 Å². The SMILES string of the molecule is CC(C)(Cc1cccc(C(=O)NCc2cccc(-c3ccccc3)c2)c1)NC[C@H](O)c1ccc(O)c2[nH]c(=O)ccc12. The molecule has 214 valence electrons. The smallest absolute Gasteiger partial charge is 0.251 e. The summed E-state index contributed by atoms with van der Waals surface area (Å²) in [6, 6.07) is 32.0. The monoisotopic (exact) mass is 561 g/mol. The van der Waals surface area contributed by atoms with E-state index in [1.165, 1.54) is 12.1 Å². The zero-order valence-corrected chi connectivity index (χ0v) is 23.7. The van der Waals surface area contributed by atoms with Gasteiger partial charge in [0.15, 0.2) is 0 Å². The molecule has 1 aromatic heterocycles. The number of β-amino-alcohol motifs (C(OH)–C–C–N with tert-alkyl or cyclic N) is 1. The zero-order chi connectivity index (χ0) is 29.7. The molecule has 0 spiro atoms. The van der Waals surface area contributed by atoms with Crippen LogP contribution in [-0.2, 0) is 13.0 Å². The van der Waals surface area contributed by atoms with Crippen molar-refractivity contribution >= 4 is 16.8 Å². The summed E-state index contributed by atoms with van der Waals surface area (Å²) in [6.45, 7) is 4.76. The molecule has 0 saturated carbocycles. The molecule has 7 heteroatoms. The molecule has 0 aliphatic heterocycles. The number of nitrogens with one attached hydrogen (secondary N) is 3. The van der Waals surface area contributed by atoms with Crippen LogP contribution in [0.25, 0.3) is 22.0 Å². The van der Waals surface area contributed by atoms with Gasteiger partial charge in [-0.05, 0) is 78.4 Å². The molecule has 0 unspecified atom stereocenters. The first-order chi connectivity index (χ1) is 20.2. The van der Waals surface area contributed by atoms with Gasteiger partial charge in [0.2, 0.25) is 5.56 Å². The molecule has 5 N–H and O–H groups in total. The molecule has 0 bridgehead atoms. The number of rotatable bonds is 10. The van der Waals surface area contributed by atoms with E-state index in [1.807, 2.05) is 68.4 Å². The van der Waals surface area contributed by atoms with E-state index < -0.39 is 11.6 Å². The number of aromatic nitrogens is 1. The van der Waals surface area contributed by atoms with Gasteiger partial charge in [0, 0.05) is 35.6 Å². The molecule has 0 radical (unpaired) electrons. The Hall–Kier alpha value is -4.72. The second-order valence-electron chi connectivity index (χ2n) is 11.2. The fourth-order valence-corrected chi connectivity index (χ4v) is 5.20. The number of amides is 1. The highest BCUT2D eigenvalue weighted by molar-refractivity contribution is 5.94. The number of carbonyl (C=O) groups is 1. The van der Waals surface area contributed by atoms with Crippen LogP contribution in [0.5, 0.6) is 5.75 Å². The Morgan fingerprint density at radius 1 is 0.857 bits per heavy atom. The van der Waals surface area contributed by atoms with E-state index in [0.717, 1.165) is 22.3 Å². The van der Waals surface area contributed by atoms with Crippen molar-refractivity contribution in [3.63, 3.8) is 0 Å². The highest BCUT2D eigenvalue weighted by Gasteiger charge is 2.22. The molecule has 7 nitrogen and oxygen atoms in total. The van der Waals surface area contributed by atoms with Crippen molar-refractivity contribution in [2.45, 2.75) is 38.5 Å². The number of benzene rings is 4. The Labute approximate surface area is 244 Å². The van der Waals surface area contributed by atoms with Gasteiger partial charge in [0.1, 0.15) is 5.75 Å². The highest BCUT2D eigenvalue weighted by atomic mass is 16.3. The van der Waals surface area contributed by atoms with E-state index in [2.05, 4.69) is 39.9 Å². The average molecular weight is 562 g/mol. The first-order valence-corrected chi connectivity index (χ1v) is 14.0. The number of phenolic OH excluding ortho intramolecular Hbond substituents is 1. The fourth-order valence-electron chi connectivity index (χ4n) is 5.20. The number of carbonyl (C=O) groups excluding carboxylic acids is 1. The normalized spacial score (nSPS) is 12.3. The fraction of sp³-hybridized carbons (Fsp3) is 0.200. The molecule has 0 fully saturated rings. The van der Waals surface area contributed by atoms with Gasteiger partial charge in [-0.2, -0.15) is 0 Å². The number of aromatic amines is 1. The van der Waals surface area contributed by atoms with Gasteiger partial charge in [0.05, 0.1) is 11.6 Å². The number of fused-ring (bicyclic) bond motifs is 1. The first-order valence-electron chi connectivity index (χ1n) is 14.0. The maximum atomic E-state index is 13.0. The molecule has 5 aromatic rings. The summed E-state index contributed by atoms with van der Waals surface area (Å²) < 4.78 is 0. The maximum Gasteiger partial charge on any atom is 0.251 e. The van der Waals surface area contributed by atoms with Crippen LogP contribution in [0, 0.1) is 0 Å². The van der Waals surface area contributed by atoms with Crippen molar-refractivity contribution in [1.82, 2.24) is 15.6 Å². The van der Waals surface area contributed by atoms with Crippen molar-refractivity contribution in [3.05, 3.63) is 136 Å². The standard InChI is InChI=1S/C35H35N3O4/c1-35(2,37-22-31(40)28-14-16-30(39)33-29(28)15-17-32(41)38-33)20-23-8-6-13-27(18-23)34(42)36-21-24-9-7-12-26(19-24)25-10-4-3-5-11-25/h3-19,31,37,39-40H,20-22H2,1-2H3,(H,36,42)(H,38,41)/t31-/m0/s1. The van der Waals surface area contributed by atoms with Crippen molar-refractivity contribution in [3.8, 4) is 16.9 Å². The summed E-state index contributed by atoms with van der Waals surface area (Å²) in [7, 11) is 0. The third-order valence-electron chi connectivity index (χ3n) is 7.36. The predicted octanol–water partition coefficient (Wildman–Crippen LogP) is 5.48. The molecule has 42 heavy (non-hydrogen) atoms. The first kappa shape index (κ1) is 28.8. The van der Waals surface area contributed by atoms with Crippen LogP contribution in [0.15, 0.2) is 108 Å². The Morgan fingerprint density at radius 2 is 1.60 bits per heavy atom. The number of pyridine rings is 1. The average Bonchev–Trinajstić information content (AvgIpc) is 2.99. The molecular weight excluding hydrogens is 526 g/mol. The second-order valence-corrected chi connectivity index (χ2v) is 11.2. The van der Waals surface area contributed by atoms with Gasteiger partial charge in [-0.1, -0.05) is 66.7 Å². The number of H-pyrrole nitrogens is 1. The Balaban J connectivity index is 1.20. The van der Waals surface area contributed by atoms with Crippen LogP contribution in [0.1, 0.15) is 47.0 Å².